The molecule has 1 heterocycles. The molecule has 0 fully saturated rings. The molecule has 0 spiro atoms. The Hall–Kier alpha value is -1.86. The first-order chi connectivity index (χ1) is 12.4. The fourth-order valence-corrected chi connectivity index (χ4v) is 3.10. The lowest BCUT2D eigenvalue weighted by molar-refractivity contribution is -0.139. The van der Waals surface area contributed by atoms with Crippen LogP contribution in [0.1, 0.15) is 32.8 Å². The third kappa shape index (κ3) is 5.81. The van der Waals surface area contributed by atoms with Crippen LogP contribution in [0.5, 0.6) is 5.75 Å². The number of nitrogens with two attached hydrogens (primary N) is 1. The van der Waals surface area contributed by atoms with E-state index in [4.69, 9.17) is 22.1 Å². The Kier molecular flexibility index (Phi) is 6.37. The van der Waals surface area contributed by atoms with Gasteiger partial charge in [-0.05, 0) is 49.9 Å². The van der Waals surface area contributed by atoms with Gasteiger partial charge in [0.25, 0.3) is 0 Å². The summed E-state index contributed by atoms with van der Waals surface area (Å²) in [5, 5.41) is -0.335. The van der Waals surface area contributed by atoms with Crippen molar-refractivity contribution in [2.24, 2.45) is 11.7 Å². The summed E-state index contributed by atoms with van der Waals surface area (Å²) in [6, 6.07) is 4.87. The highest BCUT2D eigenvalue weighted by Crippen LogP contribution is 2.40. The largest absolute Gasteiger partial charge is 0.493 e. The van der Waals surface area contributed by atoms with Gasteiger partial charge in [0.2, 0.25) is 5.95 Å². The van der Waals surface area contributed by atoms with Crippen LogP contribution < -0.4 is 10.5 Å². The summed E-state index contributed by atoms with van der Waals surface area (Å²) in [5.74, 6) is -1.27. The number of rotatable bonds is 6. The van der Waals surface area contributed by atoms with Crippen molar-refractivity contribution in [3.8, 4) is 16.9 Å². The number of pyridine rings is 1. The third-order valence-corrected chi connectivity index (χ3v) is 4.20. The van der Waals surface area contributed by atoms with Crippen LogP contribution in [-0.2, 0) is 6.18 Å². The van der Waals surface area contributed by atoms with Crippen molar-refractivity contribution >= 4 is 11.6 Å². The van der Waals surface area contributed by atoms with Gasteiger partial charge in [-0.15, -0.1) is 0 Å². The molecule has 27 heavy (non-hydrogen) atoms. The SMILES string of the molecule is C[C@H](COc1ccc(-c2ccnc(F)c2Cl)cc1C(F)(F)F)CC(C)(C)N. The second-order valence-electron chi connectivity index (χ2n) is 7.28. The molecule has 3 nitrogen and oxygen atoms in total. The summed E-state index contributed by atoms with van der Waals surface area (Å²) in [7, 11) is 0. The maximum atomic E-state index is 13.5. The predicted octanol–water partition coefficient (Wildman–Crippen LogP) is 5.70. The highest BCUT2D eigenvalue weighted by atomic mass is 35.5. The number of hydrogen-bond donors (Lipinski definition) is 1. The van der Waals surface area contributed by atoms with E-state index in [1.165, 1.54) is 18.2 Å². The second kappa shape index (κ2) is 8.02. The maximum absolute atomic E-state index is 13.5. The molecule has 0 aliphatic heterocycles. The zero-order chi connectivity index (χ0) is 20.4. The van der Waals surface area contributed by atoms with Gasteiger partial charge in [-0.25, -0.2) is 4.98 Å². The molecule has 0 unspecified atom stereocenters. The lowest BCUT2D eigenvalue weighted by Gasteiger charge is -2.24. The number of ether oxygens (including phenoxy) is 1. The van der Waals surface area contributed by atoms with Crippen molar-refractivity contribution in [1.82, 2.24) is 4.98 Å². The maximum Gasteiger partial charge on any atom is 0.419 e. The Morgan fingerprint density at radius 3 is 2.48 bits per heavy atom. The number of hydrogen-bond acceptors (Lipinski definition) is 3. The van der Waals surface area contributed by atoms with Gasteiger partial charge in [0.05, 0.1) is 12.2 Å². The van der Waals surface area contributed by atoms with Gasteiger partial charge in [0.1, 0.15) is 10.8 Å². The molecule has 2 aromatic rings. The van der Waals surface area contributed by atoms with Gasteiger partial charge in [-0.1, -0.05) is 24.6 Å². The zero-order valence-electron chi connectivity index (χ0n) is 15.2. The van der Waals surface area contributed by atoms with E-state index in [1.54, 1.807) is 0 Å². The average molecular weight is 405 g/mol. The second-order valence-corrected chi connectivity index (χ2v) is 7.66. The molecule has 0 bridgehead atoms. The topological polar surface area (TPSA) is 48.1 Å². The van der Waals surface area contributed by atoms with Crippen LogP contribution in [0.2, 0.25) is 5.02 Å². The Bertz CT molecular complexity index is 803. The van der Waals surface area contributed by atoms with Crippen LogP contribution in [0.4, 0.5) is 17.6 Å². The molecule has 0 aliphatic rings. The standard InChI is InChI=1S/C19H21ClF4N2O/c1-11(9-18(2,3)25)10-27-15-5-4-12(8-14(15)19(22,23)24)13-6-7-26-17(21)16(13)20/h4-8,11H,9-10,25H2,1-3H3/t11-/m0/s1. The van der Waals surface area contributed by atoms with Crippen LogP contribution in [0, 0.1) is 11.9 Å². The summed E-state index contributed by atoms with van der Waals surface area (Å²) in [5.41, 5.74) is 4.78. The molecule has 0 saturated carbocycles. The lowest BCUT2D eigenvalue weighted by atomic mass is 9.93. The predicted molar refractivity (Wildman–Crippen MR) is 97.2 cm³/mol. The van der Waals surface area contributed by atoms with E-state index in [2.05, 4.69) is 4.98 Å². The van der Waals surface area contributed by atoms with Gasteiger partial charge in [0, 0.05) is 17.3 Å². The molecular weight excluding hydrogens is 384 g/mol. The van der Waals surface area contributed by atoms with E-state index in [1.807, 2.05) is 20.8 Å². The molecule has 0 radical (unpaired) electrons. The van der Waals surface area contributed by atoms with E-state index >= 15 is 0 Å². The van der Waals surface area contributed by atoms with Crippen LogP contribution >= 0.6 is 11.6 Å². The molecule has 1 atom stereocenters. The van der Waals surface area contributed by atoms with Crippen molar-refractivity contribution in [2.75, 3.05) is 6.61 Å². The molecule has 148 valence electrons. The molecule has 2 N–H and O–H groups in total. The first-order valence-corrected chi connectivity index (χ1v) is 8.69. The molecule has 2 rings (SSSR count). The fourth-order valence-electron chi connectivity index (χ4n) is 2.88. The first-order valence-electron chi connectivity index (χ1n) is 8.32. The Labute approximate surface area is 160 Å². The number of halogens is 5. The molecule has 8 heteroatoms. The minimum Gasteiger partial charge on any atom is -0.493 e. The summed E-state index contributed by atoms with van der Waals surface area (Å²) in [6.07, 6.45) is -2.90. The smallest absolute Gasteiger partial charge is 0.419 e. The van der Waals surface area contributed by atoms with E-state index < -0.39 is 23.2 Å². The van der Waals surface area contributed by atoms with Gasteiger partial charge in [-0.3, -0.25) is 0 Å². The van der Waals surface area contributed by atoms with Crippen molar-refractivity contribution in [1.29, 1.82) is 0 Å². The third-order valence-electron chi connectivity index (χ3n) is 3.84. The number of nitrogens with zero attached hydrogens (tertiary/aromatic N) is 1. The van der Waals surface area contributed by atoms with Crippen LogP contribution in [0.3, 0.4) is 0 Å². The molecule has 1 aromatic carbocycles. The van der Waals surface area contributed by atoms with Gasteiger partial charge < -0.3 is 10.5 Å². The molecule has 0 amide bonds. The fraction of sp³-hybridized carbons (Fsp3) is 0.421. The Morgan fingerprint density at radius 1 is 1.22 bits per heavy atom. The van der Waals surface area contributed by atoms with Gasteiger partial charge >= 0.3 is 6.18 Å². The molecular formula is C19H21ClF4N2O. The van der Waals surface area contributed by atoms with Gasteiger partial charge in [-0.2, -0.15) is 17.6 Å². The van der Waals surface area contributed by atoms with E-state index in [0.29, 0.717) is 6.42 Å². The highest BCUT2D eigenvalue weighted by Gasteiger charge is 2.35. The highest BCUT2D eigenvalue weighted by molar-refractivity contribution is 6.33. The van der Waals surface area contributed by atoms with Crippen molar-refractivity contribution in [3.05, 3.63) is 47.0 Å². The van der Waals surface area contributed by atoms with Crippen molar-refractivity contribution in [2.45, 2.75) is 38.9 Å². The van der Waals surface area contributed by atoms with Crippen LogP contribution in [-0.4, -0.2) is 17.1 Å². The molecule has 1 aromatic heterocycles. The lowest BCUT2D eigenvalue weighted by Crippen LogP contribution is -2.35. The van der Waals surface area contributed by atoms with Crippen LogP contribution in [0.25, 0.3) is 11.1 Å². The summed E-state index contributed by atoms with van der Waals surface area (Å²) < 4.78 is 59.4. The quantitative estimate of drug-likeness (QED) is 0.496. The Balaban J connectivity index is 2.33. The monoisotopic (exact) mass is 404 g/mol. The first kappa shape index (κ1) is 21.4. The molecule has 0 aliphatic carbocycles. The zero-order valence-corrected chi connectivity index (χ0v) is 16.0. The summed E-state index contributed by atoms with van der Waals surface area (Å²) in [4.78, 5) is 3.38. The molecule has 0 saturated heterocycles. The minimum absolute atomic E-state index is 0.0329. The van der Waals surface area contributed by atoms with E-state index in [0.717, 1.165) is 12.3 Å². The van der Waals surface area contributed by atoms with E-state index in [9.17, 15) is 17.6 Å². The number of aromatic nitrogens is 1. The van der Waals surface area contributed by atoms with Gasteiger partial charge in [0.15, 0.2) is 0 Å². The van der Waals surface area contributed by atoms with Crippen molar-refractivity contribution in [3.63, 3.8) is 0 Å². The number of benzene rings is 1. The summed E-state index contributed by atoms with van der Waals surface area (Å²) in [6.45, 7) is 5.64. The number of alkyl halides is 3. The van der Waals surface area contributed by atoms with E-state index in [-0.39, 0.29) is 34.4 Å². The average Bonchev–Trinajstić information content (AvgIpc) is 2.53. The summed E-state index contributed by atoms with van der Waals surface area (Å²) >= 11 is 5.84. The van der Waals surface area contributed by atoms with Crippen molar-refractivity contribution < 1.29 is 22.3 Å². The normalized spacial score (nSPS) is 13.5. The Morgan fingerprint density at radius 2 is 1.89 bits per heavy atom. The minimum atomic E-state index is -4.64. The van der Waals surface area contributed by atoms with Crippen LogP contribution in [0.15, 0.2) is 30.5 Å².